The molecule has 1 aromatic heterocycles. The maximum absolute atomic E-state index is 9.01. The predicted octanol–water partition coefficient (Wildman–Crippen LogP) is 3.00. The molecule has 0 saturated heterocycles. The van der Waals surface area contributed by atoms with Crippen molar-refractivity contribution in [1.82, 2.24) is 4.98 Å². The molecule has 0 atom stereocenters. The topological polar surface area (TPSA) is 36.0 Å². The molecule has 1 heterocycles. The minimum absolute atomic E-state index is 0.169. The number of hydrogen-bond acceptors (Lipinski definition) is 1. The number of H-pyrrole nitrogens is 1. The van der Waals surface area contributed by atoms with E-state index in [4.69, 9.17) is 5.11 Å². The summed E-state index contributed by atoms with van der Waals surface area (Å²) in [6.45, 7) is 6.85. The largest absolute Gasteiger partial charge is 0.396 e. The Morgan fingerprint density at radius 3 is 2.62 bits per heavy atom. The fourth-order valence-electron chi connectivity index (χ4n) is 1.97. The zero-order valence-corrected chi connectivity index (χ0v) is 10.2. The predicted molar refractivity (Wildman–Crippen MR) is 67.8 cm³/mol. The van der Waals surface area contributed by atoms with E-state index in [0.717, 1.165) is 5.52 Å². The average Bonchev–Trinajstić information content (AvgIpc) is 2.60. The highest BCUT2D eigenvalue weighted by Crippen LogP contribution is 2.27. The third-order valence-electron chi connectivity index (χ3n) is 3.01. The summed E-state index contributed by atoms with van der Waals surface area (Å²) >= 11 is 0. The Morgan fingerprint density at radius 1 is 1.25 bits per heavy atom. The molecule has 2 heteroatoms. The quantitative estimate of drug-likeness (QED) is 0.797. The van der Waals surface area contributed by atoms with Crippen molar-refractivity contribution >= 4 is 10.9 Å². The molecule has 0 aliphatic carbocycles. The second-order valence-electron chi connectivity index (χ2n) is 5.30. The molecule has 0 radical (unpaired) electrons. The van der Waals surface area contributed by atoms with E-state index in [-0.39, 0.29) is 12.0 Å². The zero-order chi connectivity index (χ0) is 11.8. The normalized spacial score (nSPS) is 12.2. The standard InChI is InChI=1S/C14H19NO/c1-14(2,3)11-4-5-13-12(8-11)10(6-7-16)9-15-13/h4-5,8-9,15-16H,6-7H2,1-3H3. The van der Waals surface area contributed by atoms with E-state index in [9.17, 15) is 0 Å². The van der Waals surface area contributed by atoms with Gasteiger partial charge in [-0.1, -0.05) is 26.8 Å². The highest BCUT2D eigenvalue weighted by molar-refractivity contribution is 5.84. The third kappa shape index (κ3) is 1.98. The molecule has 2 nitrogen and oxygen atoms in total. The van der Waals surface area contributed by atoms with Crippen molar-refractivity contribution < 1.29 is 5.11 Å². The summed E-state index contributed by atoms with van der Waals surface area (Å²) in [5.74, 6) is 0. The number of benzene rings is 1. The molecule has 0 unspecified atom stereocenters. The molecule has 16 heavy (non-hydrogen) atoms. The average molecular weight is 217 g/mol. The molecule has 0 amide bonds. The van der Waals surface area contributed by atoms with Crippen molar-refractivity contribution in [3.63, 3.8) is 0 Å². The summed E-state index contributed by atoms with van der Waals surface area (Å²) in [6, 6.07) is 6.52. The van der Waals surface area contributed by atoms with Crippen LogP contribution in [-0.2, 0) is 11.8 Å². The Morgan fingerprint density at radius 2 is 2.00 bits per heavy atom. The van der Waals surface area contributed by atoms with Gasteiger partial charge in [0.25, 0.3) is 0 Å². The zero-order valence-electron chi connectivity index (χ0n) is 10.2. The molecule has 0 aliphatic heterocycles. The van der Waals surface area contributed by atoms with Crippen molar-refractivity contribution in [2.45, 2.75) is 32.6 Å². The molecule has 2 aromatic rings. The van der Waals surface area contributed by atoms with E-state index in [2.05, 4.69) is 44.0 Å². The van der Waals surface area contributed by atoms with E-state index < -0.39 is 0 Å². The summed E-state index contributed by atoms with van der Waals surface area (Å²) < 4.78 is 0. The van der Waals surface area contributed by atoms with Crippen LogP contribution in [0.3, 0.4) is 0 Å². The molecule has 0 aliphatic rings. The summed E-state index contributed by atoms with van der Waals surface area (Å²) in [7, 11) is 0. The van der Waals surface area contributed by atoms with Crippen molar-refractivity contribution in [2.24, 2.45) is 0 Å². The van der Waals surface area contributed by atoms with Crippen LogP contribution in [-0.4, -0.2) is 16.7 Å². The first-order valence-electron chi connectivity index (χ1n) is 5.74. The van der Waals surface area contributed by atoms with Gasteiger partial charge in [-0.05, 0) is 35.1 Å². The molecule has 0 spiro atoms. The van der Waals surface area contributed by atoms with Crippen LogP contribution in [0, 0.1) is 0 Å². The van der Waals surface area contributed by atoms with Gasteiger partial charge in [0.05, 0.1) is 0 Å². The van der Waals surface area contributed by atoms with E-state index in [0.29, 0.717) is 6.42 Å². The van der Waals surface area contributed by atoms with E-state index in [1.807, 2.05) is 6.20 Å². The van der Waals surface area contributed by atoms with Crippen molar-refractivity contribution in [3.8, 4) is 0 Å². The summed E-state index contributed by atoms with van der Waals surface area (Å²) in [5.41, 5.74) is 3.85. The molecular formula is C14H19NO. The van der Waals surface area contributed by atoms with Crippen LogP contribution in [0.4, 0.5) is 0 Å². The number of rotatable bonds is 2. The Bertz CT molecular complexity index is 491. The van der Waals surface area contributed by atoms with Gasteiger partial charge < -0.3 is 10.1 Å². The first-order valence-corrected chi connectivity index (χ1v) is 5.74. The number of aliphatic hydroxyl groups excluding tert-OH is 1. The first kappa shape index (κ1) is 11.2. The molecule has 0 bridgehead atoms. The number of aromatic nitrogens is 1. The molecule has 2 N–H and O–H groups in total. The van der Waals surface area contributed by atoms with Gasteiger partial charge in [-0.25, -0.2) is 0 Å². The van der Waals surface area contributed by atoms with Gasteiger partial charge in [0.1, 0.15) is 0 Å². The maximum Gasteiger partial charge on any atom is 0.0472 e. The lowest BCUT2D eigenvalue weighted by Crippen LogP contribution is -2.10. The summed E-state index contributed by atoms with van der Waals surface area (Å²) in [5, 5.41) is 10.3. The van der Waals surface area contributed by atoms with Crippen LogP contribution in [0.1, 0.15) is 31.9 Å². The van der Waals surface area contributed by atoms with Crippen molar-refractivity contribution in [1.29, 1.82) is 0 Å². The van der Waals surface area contributed by atoms with Crippen LogP contribution >= 0.6 is 0 Å². The molecule has 86 valence electrons. The van der Waals surface area contributed by atoms with Gasteiger partial charge in [0, 0.05) is 23.7 Å². The first-order chi connectivity index (χ1) is 7.52. The Hall–Kier alpha value is -1.28. The van der Waals surface area contributed by atoms with Gasteiger partial charge in [-0.15, -0.1) is 0 Å². The minimum Gasteiger partial charge on any atom is -0.396 e. The van der Waals surface area contributed by atoms with E-state index in [1.165, 1.54) is 16.5 Å². The molecule has 1 aromatic carbocycles. The van der Waals surface area contributed by atoms with Crippen LogP contribution in [0.2, 0.25) is 0 Å². The summed E-state index contributed by atoms with van der Waals surface area (Å²) in [4.78, 5) is 3.24. The van der Waals surface area contributed by atoms with Crippen LogP contribution in [0.15, 0.2) is 24.4 Å². The fourth-order valence-corrected chi connectivity index (χ4v) is 1.97. The van der Waals surface area contributed by atoms with Gasteiger partial charge >= 0.3 is 0 Å². The Balaban J connectivity index is 2.54. The van der Waals surface area contributed by atoms with Gasteiger partial charge in [-0.3, -0.25) is 0 Å². The molecule has 0 saturated carbocycles. The minimum atomic E-state index is 0.169. The Kier molecular flexibility index (Phi) is 2.76. The molecule has 0 fully saturated rings. The van der Waals surface area contributed by atoms with E-state index >= 15 is 0 Å². The highest BCUT2D eigenvalue weighted by Gasteiger charge is 2.14. The summed E-state index contributed by atoms with van der Waals surface area (Å²) in [6.07, 6.45) is 2.71. The third-order valence-corrected chi connectivity index (χ3v) is 3.01. The van der Waals surface area contributed by atoms with Crippen LogP contribution < -0.4 is 0 Å². The molecule has 2 rings (SSSR count). The lowest BCUT2D eigenvalue weighted by Gasteiger charge is -2.19. The smallest absolute Gasteiger partial charge is 0.0472 e. The van der Waals surface area contributed by atoms with Crippen LogP contribution in [0.25, 0.3) is 10.9 Å². The van der Waals surface area contributed by atoms with Gasteiger partial charge in [-0.2, -0.15) is 0 Å². The Labute approximate surface area is 96.3 Å². The van der Waals surface area contributed by atoms with E-state index in [1.54, 1.807) is 0 Å². The lowest BCUT2D eigenvalue weighted by molar-refractivity contribution is 0.300. The van der Waals surface area contributed by atoms with Crippen molar-refractivity contribution in [2.75, 3.05) is 6.61 Å². The van der Waals surface area contributed by atoms with Crippen molar-refractivity contribution in [3.05, 3.63) is 35.5 Å². The van der Waals surface area contributed by atoms with Crippen LogP contribution in [0.5, 0.6) is 0 Å². The highest BCUT2D eigenvalue weighted by atomic mass is 16.2. The number of hydrogen-bond donors (Lipinski definition) is 2. The SMILES string of the molecule is CC(C)(C)c1ccc2[nH]cc(CCO)c2c1. The lowest BCUT2D eigenvalue weighted by atomic mass is 9.86. The second-order valence-corrected chi connectivity index (χ2v) is 5.30. The maximum atomic E-state index is 9.01. The number of aliphatic hydroxyl groups is 1. The number of aromatic amines is 1. The van der Waals surface area contributed by atoms with Gasteiger partial charge in [0.2, 0.25) is 0 Å². The second kappa shape index (κ2) is 3.95. The van der Waals surface area contributed by atoms with Gasteiger partial charge in [0.15, 0.2) is 0 Å². The monoisotopic (exact) mass is 217 g/mol. The number of nitrogens with one attached hydrogen (secondary N) is 1. The molecular weight excluding hydrogens is 198 g/mol. The number of fused-ring (bicyclic) bond motifs is 1. The fraction of sp³-hybridized carbons (Fsp3) is 0.429.